The Hall–Kier alpha value is -0.860. The van der Waals surface area contributed by atoms with Crippen LogP contribution in [0.2, 0.25) is 0 Å². The molecule has 1 saturated heterocycles. The summed E-state index contributed by atoms with van der Waals surface area (Å²) in [6.07, 6.45) is 3.05. The fraction of sp³-hybridized carbons (Fsp3) is 0.571. The van der Waals surface area contributed by atoms with Crippen molar-refractivity contribution < 1.29 is 5.11 Å². The third kappa shape index (κ3) is 2.83. The minimum absolute atomic E-state index is 0.123. The van der Waals surface area contributed by atoms with Gasteiger partial charge in [-0.05, 0) is 36.9 Å². The minimum Gasteiger partial charge on any atom is -0.392 e. The molecule has 1 heterocycles. The first-order chi connectivity index (χ1) is 7.79. The van der Waals surface area contributed by atoms with Gasteiger partial charge in [-0.25, -0.2) is 0 Å². The molecule has 2 nitrogen and oxygen atoms in total. The van der Waals surface area contributed by atoms with E-state index in [0.717, 1.165) is 38.9 Å². The predicted molar refractivity (Wildman–Crippen MR) is 66.3 cm³/mol. The summed E-state index contributed by atoms with van der Waals surface area (Å²) in [5.41, 5.74) is 2.85. The average Bonchev–Trinajstić information content (AvgIpc) is 2.30. The Morgan fingerprint density at radius 1 is 1.31 bits per heavy atom. The lowest BCUT2D eigenvalue weighted by atomic mass is 10.0. The molecule has 0 spiro atoms. The molecule has 0 aromatic heterocycles. The van der Waals surface area contributed by atoms with Crippen LogP contribution in [0.3, 0.4) is 0 Å². The first kappa shape index (κ1) is 11.6. The van der Waals surface area contributed by atoms with Gasteiger partial charge < -0.3 is 5.11 Å². The van der Waals surface area contributed by atoms with Crippen LogP contribution in [0.5, 0.6) is 0 Å². The van der Waals surface area contributed by atoms with Crippen LogP contribution >= 0.6 is 0 Å². The summed E-state index contributed by atoms with van der Waals surface area (Å²) in [5.74, 6) is 0. The molecule has 1 aliphatic heterocycles. The molecule has 0 radical (unpaired) electrons. The Balaban J connectivity index is 2.02. The Labute approximate surface area is 97.9 Å². The van der Waals surface area contributed by atoms with E-state index in [1.807, 2.05) is 0 Å². The van der Waals surface area contributed by atoms with Crippen LogP contribution in [0.15, 0.2) is 24.3 Å². The summed E-state index contributed by atoms with van der Waals surface area (Å²) in [5, 5.41) is 9.64. The van der Waals surface area contributed by atoms with Gasteiger partial charge in [-0.1, -0.05) is 31.2 Å². The topological polar surface area (TPSA) is 23.5 Å². The molecule has 0 saturated carbocycles. The van der Waals surface area contributed by atoms with Gasteiger partial charge in [0.05, 0.1) is 6.10 Å². The molecule has 0 bridgehead atoms. The minimum atomic E-state index is -0.123. The van der Waals surface area contributed by atoms with Gasteiger partial charge in [0.25, 0.3) is 0 Å². The average molecular weight is 219 g/mol. The molecule has 0 unspecified atom stereocenters. The van der Waals surface area contributed by atoms with Crippen LogP contribution < -0.4 is 0 Å². The summed E-state index contributed by atoms with van der Waals surface area (Å²) in [7, 11) is 0. The van der Waals surface area contributed by atoms with Crippen molar-refractivity contribution in [3.8, 4) is 0 Å². The first-order valence-corrected chi connectivity index (χ1v) is 6.26. The highest BCUT2D eigenvalue weighted by molar-refractivity contribution is 5.26. The van der Waals surface area contributed by atoms with Gasteiger partial charge in [0, 0.05) is 13.1 Å². The summed E-state index contributed by atoms with van der Waals surface area (Å²) >= 11 is 0. The molecule has 0 amide bonds. The molecule has 0 aliphatic carbocycles. The number of aliphatic hydroxyl groups is 1. The smallest absolute Gasteiger partial charge is 0.0667 e. The van der Waals surface area contributed by atoms with E-state index in [9.17, 15) is 5.11 Å². The lowest BCUT2D eigenvalue weighted by Gasteiger charge is -2.30. The van der Waals surface area contributed by atoms with Crippen molar-refractivity contribution >= 4 is 0 Å². The maximum atomic E-state index is 9.64. The number of benzene rings is 1. The molecule has 1 fully saturated rings. The van der Waals surface area contributed by atoms with Gasteiger partial charge in [0.1, 0.15) is 0 Å². The first-order valence-electron chi connectivity index (χ1n) is 6.26. The van der Waals surface area contributed by atoms with Crippen LogP contribution in [-0.4, -0.2) is 29.2 Å². The zero-order valence-electron chi connectivity index (χ0n) is 10.0. The second-order valence-corrected chi connectivity index (χ2v) is 4.65. The maximum absolute atomic E-state index is 9.64. The number of hydrogen-bond donors (Lipinski definition) is 1. The number of likely N-dealkylation sites (tertiary alicyclic amines) is 1. The van der Waals surface area contributed by atoms with Crippen molar-refractivity contribution in [3.05, 3.63) is 35.4 Å². The van der Waals surface area contributed by atoms with Crippen LogP contribution in [0.4, 0.5) is 0 Å². The van der Waals surface area contributed by atoms with Gasteiger partial charge >= 0.3 is 0 Å². The van der Waals surface area contributed by atoms with E-state index in [-0.39, 0.29) is 6.10 Å². The van der Waals surface area contributed by atoms with Crippen LogP contribution in [0, 0.1) is 0 Å². The molecular weight excluding hydrogens is 198 g/mol. The Morgan fingerprint density at radius 3 is 2.75 bits per heavy atom. The molecular formula is C14H21NO. The molecule has 1 aromatic carbocycles. The number of rotatable bonds is 3. The van der Waals surface area contributed by atoms with E-state index >= 15 is 0 Å². The fourth-order valence-corrected chi connectivity index (χ4v) is 2.47. The number of hydrogen-bond acceptors (Lipinski definition) is 2. The summed E-state index contributed by atoms with van der Waals surface area (Å²) in [6.45, 7) is 5.14. The molecule has 2 heteroatoms. The largest absolute Gasteiger partial charge is 0.392 e. The molecule has 2 rings (SSSR count). The van der Waals surface area contributed by atoms with E-state index in [1.54, 1.807) is 0 Å². The highest BCUT2D eigenvalue weighted by Crippen LogP contribution is 2.16. The molecule has 1 aromatic rings. The summed E-state index contributed by atoms with van der Waals surface area (Å²) < 4.78 is 0. The second kappa shape index (κ2) is 5.46. The third-order valence-corrected chi connectivity index (χ3v) is 3.37. The van der Waals surface area contributed by atoms with Crippen LogP contribution in [-0.2, 0) is 13.0 Å². The normalized spacial score (nSPS) is 22.2. The maximum Gasteiger partial charge on any atom is 0.0667 e. The fourth-order valence-electron chi connectivity index (χ4n) is 2.47. The molecule has 88 valence electrons. The standard InChI is InChI=1S/C14H21NO/c1-2-12-6-3-4-7-13(12)10-15-9-5-8-14(16)11-15/h3-4,6-7,14,16H,2,5,8-11H2,1H3/t14-/m0/s1. The number of β-amino-alcohol motifs (C(OH)–C–C–N with tert-alkyl or cyclic N) is 1. The lowest BCUT2D eigenvalue weighted by Crippen LogP contribution is -2.37. The second-order valence-electron chi connectivity index (χ2n) is 4.65. The van der Waals surface area contributed by atoms with Gasteiger partial charge in [0.2, 0.25) is 0 Å². The number of aryl methyl sites for hydroxylation is 1. The van der Waals surface area contributed by atoms with Crippen molar-refractivity contribution in [1.29, 1.82) is 0 Å². The zero-order chi connectivity index (χ0) is 11.4. The van der Waals surface area contributed by atoms with Crippen molar-refractivity contribution in [3.63, 3.8) is 0 Å². The van der Waals surface area contributed by atoms with Crippen LogP contribution in [0.1, 0.15) is 30.9 Å². The summed E-state index contributed by atoms with van der Waals surface area (Å²) in [6, 6.07) is 8.62. The van der Waals surface area contributed by atoms with E-state index in [0.29, 0.717) is 0 Å². The number of nitrogens with zero attached hydrogens (tertiary/aromatic N) is 1. The van der Waals surface area contributed by atoms with Gasteiger partial charge in [-0.3, -0.25) is 4.90 Å². The van der Waals surface area contributed by atoms with Gasteiger partial charge in [-0.15, -0.1) is 0 Å². The Morgan fingerprint density at radius 2 is 2.06 bits per heavy atom. The van der Waals surface area contributed by atoms with E-state index < -0.39 is 0 Å². The van der Waals surface area contributed by atoms with E-state index in [1.165, 1.54) is 11.1 Å². The highest BCUT2D eigenvalue weighted by Gasteiger charge is 2.17. The lowest BCUT2D eigenvalue weighted by molar-refractivity contribution is 0.0667. The SMILES string of the molecule is CCc1ccccc1CN1CCC[C@H](O)C1. The molecule has 1 aliphatic rings. The van der Waals surface area contributed by atoms with E-state index in [4.69, 9.17) is 0 Å². The third-order valence-electron chi connectivity index (χ3n) is 3.37. The van der Waals surface area contributed by atoms with Crippen molar-refractivity contribution in [2.75, 3.05) is 13.1 Å². The zero-order valence-corrected chi connectivity index (χ0v) is 10.0. The highest BCUT2D eigenvalue weighted by atomic mass is 16.3. The van der Waals surface area contributed by atoms with Crippen molar-refractivity contribution in [2.45, 2.75) is 38.8 Å². The van der Waals surface area contributed by atoms with Crippen molar-refractivity contribution in [2.24, 2.45) is 0 Å². The van der Waals surface area contributed by atoms with E-state index in [2.05, 4.69) is 36.1 Å². The quantitative estimate of drug-likeness (QED) is 0.842. The molecule has 1 N–H and O–H groups in total. The van der Waals surface area contributed by atoms with Crippen LogP contribution in [0.25, 0.3) is 0 Å². The molecule has 1 atom stereocenters. The van der Waals surface area contributed by atoms with Gasteiger partial charge in [0.15, 0.2) is 0 Å². The monoisotopic (exact) mass is 219 g/mol. The Bertz CT molecular complexity index is 337. The molecule has 16 heavy (non-hydrogen) atoms. The van der Waals surface area contributed by atoms with Gasteiger partial charge in [-0.2, -0.15) is 0 Å². The number of aliphatic hydroxyl groups excluding tert-OH is 1. The summed E-state index contributed by atoms with van der Waals surface area (Å²) in [4.78, 5) is 2.36. The van der Waals surface area contributed by atoms with Crippen molar-refractivity contribution in [1.82, 2.24) is 4.90 Å². The predicted octanol–water partition coefficient (Wildman–Crippen LogP) is 2.21. The number of piperidine rings is 1. The Kier molecular flexibility index (Phi) is 3.97.